The minimum absolute atomic E-state index is 0.128. The topological polar surface area (TPSA) is 42.0 Å². The summed E-state index contributed by atoms with van der Waals surface area (Å²) in [5, 5.41) is 3.40. The van der Waals surface area contributed by atoms with Crippen molar-refractivity contribution in [2.24, 2.45) is 0 Å². The molecule has 0 aromatic carbocycles. The summed E-state index contributed by atoms with van der Waals surface area (Å²) in [5.74, 6) is 0.128. The third-order valence-electron chi connectivity index (χ3n) is 2.64. The number of hydrogen-bond acceptors (Lipinski definition) is 3. The number of rotatable bonds is 5. The van der Waals surface area contributed by atoms with Gasteiger partial charge in [-0.1, -0.05) is 13.0 Å². The molecule has 1 aliphatic carbocycles. The summed E-state index contributed by atoms with van der Waals surface area (Å²) < 4.78 is 0. The molecule has 2 rings (SSSR count). The molecule has 1 fully saturated rings. The lowest BCUT2D eigenvalue weighted by Gasteiger charge is -2.07. The summed E-state index contributed by atoms with van der Waals surface area (Å²) in [5.41, 5.74) is 1.66. The summed E-state index contributed by atoms with van der Waals surface area (Å²) in [4.78, 5) is 15.8. The molecule has 1 aromatic rings. The van der Waals surface area contributed by atoms with Crippen molar-refractivity contribution in [2.75, 3.05) is 0 Å². The van der Waals surface area contributed by atoms with E-state index in [4.69, 9.17) is 0 Å². The van der Waals surface area contributed by atoms with Crippen LogP contribution in [0.25, 0.3) is 0 Å². The number of carbonyl (C=O) groups is 1. The van der Waals surface area contributed by atoms with Gasteiger partial charge in [-0.3, -0.25) is 9.78 Å². The van der Waals surface area contributed by atoms with E-state index in [0.717, 1.165) is 12.1 Å². The van der Waals surface area contributed by atoms with Gasteiger partial charge in [0.15, 0.2) is 5.78 Å². The molecule has 0 atom stereocenters. The van der Waals surface area contributed by atoms with Crippen molar-refractivity contribution < 1.29 is 4.79 Å². The number of nitrogens with zero attached hydrogens (tertiary/aromatic N) is 1. The van der Waals surface area contributed by atoms with Crippen LogP contribution in [-0.4, -0.2) is 16.8 Å². The monoisotopic (exact) mass is 204 g/mol. The van der Waals surface area contributed by atoms with E-state index in [1.165, 1.54) is 12.8 Å². The van der Waals surface area contributed by atoms with Crippen molar-refractivity contribution >= 4 is 5.78 Å². The Morgan fingerprint density at radius 3 is 3.07 bits per heavy atom. The summed E-state index contributed by atoms with van der Waals surface area (Å²) in [6.45, 7) is 2.63. The second-order valence-corrected chi connectivity index (χ2v) is 3.94. The average Bonchev–Trinajstić information content (AvgIpc) is 3.09. The number of aromatic nitrogens is 1. The van der Waals surface area contributed by atoms with E-state index in [1.54, 1.807) is 6.20 Å². The molecule has 3 nitrogen and oxygen atoms in total. The molecule has 3 heteroatoms. The van der Waals surface area contributed by atoms with Gasteiger partial charge < -0.3 is 5.32 Å². The highest BCUT2D eigenvalue weighted by molar-refractivity contribution is 5.95. The van der Waals surface area contributed by atoms with Crippen molar-refractivity contribution in [2.45, 2.75) is 38.8 Å². The molecule has 1 saturated carbocycles. The standard InChI is InChI=1S/C12H16N2O/c1-2-11(15)12-9(4-3-7-13-12)8-14-10-5-6-10/h3-4,7,10,14H,2,5-6,8H2,1H3. The van der Waals surface area contributed by atoms with Gasteiger partial charge in [0.1, 0.15) is 5.69 Å². The van der Waals surface area contributed by atoms with Crippen LogP contribution in [0.5, 0.6) is 0 Å². The van der Waals surface area contributed by atoms with Crippen LogP contribution in [0.15, 0.2) is 18.3 Å². The molecule has 1 heterocycles. The maximum Gasteiger partial charge on any atom is 0.181 e. The van der Waals surface area contributed by atoms with Gasteiger partial charge in [0.25, 0.3) is 0 Å². The van der Waals surface area contributed by atoms with E-state index in [2.05, 4.69) is 10.3 Å². The lowest BCUT2D eigenvalue weighted by Crippen LogP contribution is -2.18. The third-order valence-corrected chi connectivity index (χ3v) is 2.64. The van der Waals surface area contributed by atoms with Crippen molar-refractivity contribution in [3.05, 3.63) is 29.6 Å². The Balaban J connectivity index is 2.09. The maximum atomic E-state index is 11.6. The summed E-state index contributed by atoms with van der Waals surface area (Å²) in [7, 11) is 0. The van der Waals surface area contributed by atoms with Gasteiger partial charge in [-0.25, -0.2) is 0 Å². The van der Waals surface area contributed by atoms with E-state index >= 15 is 0 Å². The zero-order chi connectivity index (χ0) is 10.7. The fraction of sp³-hybridized carbons (Fsp3) is 0.500. The molecule has 0 saturated heterocycles. The molecule has 0 radical (unpaired) electrons. The first-order valence-corrected chi connectivity index (χ1v) is 5.51. The maximum absolute atomic E-state index is 11.6. The fourth-order valence-corrected chi connectivity index (χ4v) is 1.54. The molecule has 15 heavy (non-hydrogen) atoms. The van der Waals surface area contributed by atoms with Gasteiger partial charge in [0.2, 0.25) is 0 Å². The first kappa shape index (κ1) is 10.3. The third kappa shape index (κ3) is 2.63. The van der Waals surface area contributed by atoms with Crippen LogP contribution in [0.2, 0.25) is 0 Å². The molecule has 1 aliphatic rings. The number of pyridine rings is 1. The minimum atomic E-state index is 0.128. The Labute approximate surface area is 89.9 Å². The van der Waals surface area contributed by atoms with Crippen LogP contribution in [0.4, 0.5) is 0 Å². The van der Waals surface area contributed by atoms with Crippen molar-refractivity contribution in [3.63, 3.8) is 0 Å². The van der Waals surface area contributed by atoms with Gasteiger partial charge in [-0.2, -0.15) is 0 Å². The van der Waals surface area contributed by atoms with Crippen LogP contribution < -0.4 is 5.32 Å². The predicted octanol–water partition coefficient (Wildman–Crippen LogP) is 1.93. The van der Waals surface area contributed by atoms with Gasteiger partial charge in [0, 0.05) is 25.2 Å². The van der Waals surface area contributed by atoms with E-state index in [1.807, 2.05) is 19.1 Å². The molecule has 0 spiro atoms. The molecule has 0 unspecified atom stereocenters. The lowest BCUT2D eigenvalue weighted by molar-refractivity contribution is 0.0982. The highest BCUT2D eigenvalue weighted by Gasteiger charge is 2.21. The van der Waals surface area contributed by atoms with Gasteiger partial charge in [0.05, 0.1) is 0 Å². The highest BCUT2D eigenvalue weighted by Crippen LogP contribution is 2.19. The molecule has 0 amide bonds. The average molecular weight is 204 g/mol. The molecule has 1 aromatic heterocycles. The Hall–Kier alpha value is -1.22. The van der Waals surface area contributed by atoms with Crippen LogP contribution in [0, 0.1) is 0 Å². The van der Waals surface area contributed by atoms with Gasteiger partial charge in [-0.05, 0) is 24.5 Å². The zero-order valence-electron chi connectivity index (χ0n) is 8.99. The van der Waals surface area contributed by atoms with Crippen molar-refractivity contribution in [1.29, 1.82) is 0 Å². The second-order valence-electron chi connectivity index (χ2n) is 3.94. The summed E-state index contributed by atoms with van der Waals surface area (Å²) in [6.07, 6.45) is 4.73. The Morgan fingerprint density at radius 1 is 1.60 bits per heavy atom. The van der Waals surface area contributed by atoms with Crippen molar-refractivity contribution in [1.82, 2.24) is 10.3 Å². The Kier molecular flexibility index (Phi) is 3.11. The lowest BCUT2D eigenvalue weighted by atomic mass is 10.1. The fourth-order valence-electron chi connectivity index (χ4n) is 1.54. The van der Waals surface area contributed by atoms with E-state index in [9.17, 15) is 4.79 Å². The van der Waals surface area contributed by atoms with Crippen molar-refractivity contribution in [3.8, 4) is 0 Å². The Morgan fingerprint density at radius 2 is 2.40 bits per heavy atom. The minimum Gasteiger partial charge on any atom is -0.310 e. The normalized spacial score (nSPS) is 15.3. The molecule has 1 N–H and O–H groups in total. The number of nitrogens with one attached hydrogen (secondary N) is 1. The largest absolute Gasteiger partial charge is 0.310 e. The number of ketones is 1. The van der Waals surface area contributed by atoms with Crippen LogP contribution >= 0.6 is 0 Å². The number of hydrogen-bond donors (Lipinski definition) is 1. The van der Waals surface area contributed by atoms with E-state index < -0.39 is 0 Å². The van der Waals surface area contributed by atoms with Crippen LogP contribution in [0.3, 0.4) is 0 Å². The first-order valence-electron chi connectivity index (χ1n) is 5.51. The first-order chi connectivity index (χ1) is 7.31. The van der Waals surface area contributed by atoms with E-state index in [0.29, 0.717) is 18.2 Å². The SMILES string of the molecule is CCC(=O)c1ncccc1CNC1CC1. The summed E-state index contributed by atoms with van der Waals surface area (Å²) in [6, 6.07) is 4.52. The zero-order valence-corrected chi connectivity index (χ0v) is 8.99. The summed E-state index contributed by atoms with van der Waals surface area (Å²) >= 11 is 0. The van der Waals surface area contributed by atoms with Gasteiger partial charge >= 0.3 is 0 Å². The quantitative estimate of drug-likeness (QED) is 0.745. The van der Waals surface area contributed by atoms with Gasteiger partial charge in [-0.15, -0.1) is 0 Å². The number of Topliss-reactive ketones (excluding diaryl/α,β-unsaturated/α-hetero) is 1. The smallest absolute Gasteiger partial charge is 0.181 e. The predicted molar refractivity (Wildman–Crippen MR) is 58.7 cm³/mol. The number of carbonyl (C=O) groups excluding carboxylic acids is 1. The molecule has 0 bridgehead atoms. The molecular weight excluding hydrogens is 188 g/mol. The second kappa shape index (κ2) is 4.53. The highest BCUT2D eigenvalue weighted by atomic mass is 16.1. The molecular formula is C12H16N2O. The van der Waals surface area contributed by atoms with E-state index in [-0.39, 0.29) is 5.78 Å². The van der Waals surface area contributed by atoms with Crippen LogP contribution in [0.1, 0.15) is 42.2 Å². The molecule has 0 aliphatic heterocycles. The Bertz CT molecular complexity index is 358. The van der Waals surface area contributed by atoms with Crippen LogP contribution in [-0.2, 0) is 6.54 Å². The molecule has 80 valence electrons.